The molecule has 1 aromatic rings. The first-order valence-corrected chi connectivity index (χ1v) is 9.18. The highest BCUT2D eigenvalue weighted by molar-refractivity contribution is 5.14. The van der Waals surface area contributed by atoms with E-state index >= 15 is 0 Å². The van der Waals surface area contributed by atoms with Gasteiger partial charge in [-0.2, -0.15) is 57.1 Å². The van der Waals surface area contributed by atoms with Crippen LogP contribution in [0, 0.1) is 0 Å². The van der Waals surface area contributed by atoms with E-state index in [4.69, 9.17) is 0 Å². The number of hydrogen-bond acceptors (Lipinski definition) is 3. The molecule has 0 fully saturated rings. The molecule has 0 amide bonds. The molecule has 16 heteroatoms. The fraction of sp³-hybridized carbons (Fsp3) is 0.667. The van der Waals surface area contributed by atoms with Gasteiger partial charge < -0.3 is 15.2 Å². The van der Waals surface area contributed by atoms with Crippen molar-refractivity contribution in [1.29, 1.82) is 0 Å². The van der Waals surface area contributed by atoms with Gasteiger partial charge in [-0.1, -0.05) is 30.3 Å². The van der Waals surface area contributed by atoms with E-state index in [0.717, 1.165) is 5.56 Å². The first-order valence-electron chi connectivity index (χ1n) is 9.18. The molecule has 3 nitrogen and oxygen atoms in total. The lowest BCUT2D eigenvalue weighted by atomic mass is 9.93. The Bertz CT molecular complexity index is 769. The Labute approximate surface area is 183 Å². The van der Waals surface area contributed by atoms with Gasteiger partial charge in [0.05, 0.1) is 19.3 Å². The molecule has 0 unspecified atom stereocenters. The zero-order valence-electron chi connectivity index (χ0n) is 16.8. The summed E-state index contributed by atoms with van der Waals surface area (Å²) in [5, 5.41) is 12.3. The maximum absolute atomic E-state index is 13.6. The molecule has 1 atom stereocenters. The molecule has 0 spiro atoms. The van der Waals surface area contributed by atoms with E-state index in [0.29, 0.717) is 0 Å². The summed E-state index contributed by atoms with van der Waals surface area (Å²) < 4.78 is 173. The molecular weight excluding hydrogens is 509 g/mol. The third-order valence-electron chi connectivity index (χ3n) is 4.42. The van der Waals surface area contributed by atoms with Gasteiger partial charge in [0, 0.05) is 19.5 Å². The van der Waals surface area contributed by atoms with Gasteiger partial charge in [-0.15, -0.1) is 0 Å². The number of ether oxygens (including phenoxy) is 1. The predicted octanol–water partition coefficient (Wildman–Crippen LogP) is 5.28. The Morgan fingerprint density at radius 2 is 1.24 bits per heavy atom. The van der Waals surface area contributed by atoms with E-state index in [1.165, 1.54) is 0 Å². The first kappa shape index (κ1) is 30.2. The minimum atomic E-state index is -7.92. The third kappa shape index (κ3) is 6.05. The highest BCUT2D eigenvalue weighted by Gasteiger charge is 2.90. The molecule has 0 saturated heterocycles. The van der Waals surface area contributed by atoms with E-state index in [1.54, 1.807) is 30.3 Å². The maximum atomic E-state index is 13.6. The summed E-state index contributed by atoms with van der Waals surface area (Å²) in [4.78, 5) is 0. The molecule has 0 aliphatic rings. The predicted molar refractivity (Wildman–Crippen MR) is 90.4 cm³/mol. The van der Waals surface area contributed by atoms with Crippen LogP contribution in [0.1, 0.15) is 12.0 Å². The van der Waals surface area contributed by atoms with E-state index < -0.39 is 61.5 Å². The monoisotopic (exact) mass is 527 g/mol. The van der Waals surface area contributed by atoms with Crippen LogP contribution in [0.4, 0.5) is 57.1 Å². The largest absolute Gasteiger partial charge is 0.460 e. The average molecular weight is 527 g/mol. The van der Waals surface area contributed by atoms with Gasteiger partial charge >= 0.3 is 35.8 Å². The molecule has 1 aromatic carbocycles. The Balaban J connectivity index is 2.70. The van der Waals surface area contributed by atoms with Crippen LogP contribution in [0.25, 0.3) is 0 Å². The van der Waals surface area contributed by atoms with Crippen molar-refractivity contribution in [2.45, 2.75) is 54.9 Å². The molecule has 198 valence electrons. The minimum absolute atomic E-state index is 0.210. The van der Waals surface area contributed by atoms with E-state index in [9.17, 15) is 62.2 Å². The van der Waals surface area contributed by atoms with Crippen LogP contribution in [0.5, 0.6) is 0 Å². The van der Waals surface area contributed by atoms with Crippen LogP contribution in [0.2, 0.25) is 0 Å². The van der Waals surface area contributed by atoms with E-state index in [2.05, 4.69) is 10.1 Å². The second-order valence-corrected chi connectivity index (χ2v) is 7.10. The Kier molecular flexibility index (Phi) is 9.28. The second kappa shape index (κ2) is 10.4. The van der Waals surface area contributed by atoms with E-state index in [1.807, 2.05) is 0 Å². The van der Waals surface area contributed by atoms with Crippen molar-refractivity contribution in [3.63, 3.8) is 0 Å². The number of benzene rings is 1. The number of halogens is 13. The zero-order valence-corrected chi connectivity index (χ0v) is 16.8. The van der Waals surface area contributed by atoms with Crippen LogP contribution in [-0.4, -0.2) is 66.8 Å². The number of rotatable bonds is 13. The van der Waals surface area contributed by atoms with Gasteiger partial charge in [0.1, 0.15) is 0 Å². The zero-order chi connectivity index (χ0) is 26.6. The SMILES string of the molecule is O[C@@H](CNCc1ccccc1)COCCC(F)(F)C(F)(F)C(F)(F)C(F)(F)C(F)(F)C(F)(F)F. The first-order chi connectivity index (χ1) is 15.2. The molecule has 0 aromatic heterocycles. The lowest BCUT2D eigenvalue weighted by Crippen LogP contribution is -2.70. The summed E-state index contributed by atoms with van der Waals surface area (Å²) in [6.07, 6.45) is -11.3. The van der Waals surface area contributed by atoms with Gasteiger partial charge in [-0.05, 0) is 5.56 Å². The van der Waals surface area contributed by atoms with Crippen molar-refractivity contribution < 1.29 is 66.9 Å². The maximum Gasteiger partial charge on any atom is 0.460 e. The lowest BCUT2D eigenvalue weighted by Gasteiger charge is -2.39. The highest BCUT2D eigenvalue weighted by Crippen LogP contribution is 2.60. The Hall–Kier alpha value is -1.81. The lowest BCUT2D eigenvalue weighted by molar-refractivity contribution is -0.440. The standard InChI is InChI=1S/C18H18F13NO2/c19-13(20,6-7-34-10-12(33)9-32-8-11-4-2-1-3-5-11)14(21,22)15(23,24)16(25,26)17(27,28)18(29,30)31/h1-5,12,32-33H,6-10H2/t12-/m0/s1. The van der Waals surface area contributed by atoms with Crippen molar-refractivity contribution in [2.75, 3.05) is 19.8 Å². The van der Waals surface area contributed by atoms with Crippen LogP contribution >= 0.6 is 0 Å². The van der Waals surface area contributed by atoms with Gasteiger partial charge in [-0.25, -0.2) is 0 Å². The number of nitrogens with one attached hydrogen (secondary N) is 1. The van der Waals surface area contributed by atoms with Gasteiger partial charge in [0.15, 0.2) is 0 Å². The quantitative estimate of drug-likeness (QED) is 0.271. The summed E-state index contributed by atoms with van der Waals surface area (Å²) >= 11 is 0. The van der Waals surface area contributed by atoms with Crippen molar-refractivity contribution in [1.82, 2.24) is 5.32 Å². The molecule has 0 aliphatic heterocycles. The second-order valence-electron chi connectivity index (χ2n) is 7.10. The Morgan fingerprint density at radius 3 is 1.74 bits per heavy atom. The molecule has 34 heavy (non-hydrogen) atoms. The number of aliphatic hydroxyl groups excluding tert-OH is 1. The summed E-state index contributed by atoms with van der Waals surface area (Å²) in [6.45, 7) is -2.34. The van der Waals surface area contributed by atoms with Crippen LogP contribution in [0.3, 0.4) is 0 Å². The van der Waals surface area contributed by atoms with E-state index in [-0.39, 0.29) is 13.1 Å². The highest BCUT2D eigenvalue weighted by atomic mass is 19.4. The number of alkyl halides is 13. The summed E-state index contributed by atoms with van der Waals surface area (Å²) in [6, 6.07) is 8.56. The number of hydrogen-bond donors (Lipinski definition) is 2. The molecule has 0 saturated carbocycles. The van der Waals surface area contributed by atoms with Crippen molar-refractivity contribution in [2.24, 2.45) is 0 Å². The third-order valence-corrected chi connectivity index (χ3v) is 4.42. The van der Waals surface area contributed by atoms with Crippen molar-refractivity contribution in [3.8, 4) is 0 Å². The van der Waals surface area contributed by atoms with Gasteiger partial charge in [-0.3, -0.25) is 0 Å². The normalized spacial score (nSPS) is 15.5. The van der Waals surface area contributed by atoms with Crippen molar-refractivity contribution >= 4 is 0 Å². The molecule has 0 aliphatic carbocycles. The topological polar surface area (TPSA) is 41.5 Å². The minimum Gasteiger partial charge on any atom is -0.389 e. The molecule has 1 rings (SSSR count). The Morgan fingerprint density at radius 1 is 0.735 bits per heavy atom. The number of aliphatic hydroxyl groups is 1. The van der Waals surface area contributed by atoms with Crippen LogP contribution in [0.15, 0.2) is 30.3 Å². The average Bonchev–Trinajstić information content (AvgIpc) is 2.70. The summed E-state index contributed by atoms with van der Waals surface area (Å²) in [5.41, 5.74) is 0.784. The summed E-state index contributed by atoms with van der Waals surface area (Å²) in [7, 11) is 0. The molecule has 0 heterocycles. The molecule has 0 radical (unpaired) electrons. The van der Waals surface area contributed by atoms with Crippen LogP contribution < -0.4 is 5.32 Å². The molecule has 2 N–H and O–H groups in total. The molecule has 0 bridgehead atoms. The summed E-state index contributed by atoms with van der Waals surface area (Å²) in [5.74, 6) is -37.0. The van der Waals surface area contributed by atoms with Gasteiger partial charge in [0.25, 0.3) is 0 Å². The van der Waals surface area contributed by atoms with Gasteiger partial charge in [0.2, 0.25) is 0 Å². The van der Waals surface area contributed by atoms with Crippen LogP contribution in [-0.2, 0) is 11.3 Å². The fourth-order valence-corrected chi connectivity index (χ4v) is 2.42. The smallest absolute Gasteiger partial charge is 0.389 e. The van der Waals surface area contributed by atoms with Crippen molar-refractivity contribution in [3.05, 3.63) is 35.9 Å². The molecular formula is C18H18F13NO2. The fourth-order valence-electron chi connectivity index (χ4n) is 2.42.